The van der Waals surface area contributed by atoms with Crippen molar-refractivity contribution in [3.8, 4) is 33.5 Å². The van der Waals surface area contributed by atoms with Crippen LogP contribution in [-0.2, 0) is 33.8 Å². The monoisotopic (exact) mass is 689 g/mol. The maximum Gasteiger partial charge on any atom is 0.269 e. The number of aromatic nitrogens is 6. The minimum Gasteiger partial charge on any atom is -0.396 e. The molecule has 1 spiro atoms. The SMILES string of the molecule is CN1C(=O)C2(CCCC2)c2c1cnc1c2c(-c2ccc(-c3cnn(CCCCCO)c3)cc2)c(-c2cnn(C)c2)n1S(=O)(=O)c1ccccc1. The van der Waals surface area contributed by atoms with Crippen molar-refractivity contribution < 1.29 is 18.3 Å². The number of pyridine rings is 1. The van der Waals surface area contributed by atoms with Crippen LogP contribution in [-0.4, -0.2) is 61.6 Å². The smallest absolute Gasteiger partial charge is 0.269 e. The first-order chi connectivity index (χ1) is 24.2. The van der Waals surface area contributed by atoms with E-state index >= 15 is 0 Å². The number of likely N-dealkylation sites (N-methyl/N-ethyl adjacent to an activating group) is 1. The lowest BCUT2D eigenvalue weighted by Gasteiger charge is -2.22. The van der Waals surface area contributed by atoms with Crippen LogP contribution in [0, 0.1) is 0 Å². The molecule has 256 valence electrons. The molecule has 5 heterocycles. The molecule has 1 saturated carbocycles. The molecule has 6 aromatic rings. The molecule has 0 saturated heterocycles. The molecule has 0 unspecified atom stereocenters. The zero-order chi connectivity index (χ0) is 34.6. The van der Waals surface area contributed by atoms with Crippen molar-refractivity contribution in [2.75, 3.05) is 18.6 Å². The third-order valence-electron chi connectivity index (χ3n) is 10.4. The van der Waals surface area contributed by atoms with E-state index in [1.807, 2.05) is 47.5 Å². The summed E-state index contributed by atoms with van der Waals surface area (Å²) in [6.07, 6.45) is 14.9. The van der Waals surface area contributed by atoms with Gasteiger partial charge in [0.25, 0.3) is 10.0 Å². The second kappa shape index (κ2) is 12.4. The summed E-state index contributed by atoms with van der Waals surface area (Å²) < 4.78 is 34.5. The van der Waals surface area contributed by atoms with Crippen LogP contribution < -0.4 is 4.90 Å². The summed E-state index contributed by atoms with van der Waals surface area (Å²) in [7, 11) is -0.568. The molecular weight excluding hydrogens is 651 g/mol. The highest BCUT2D eigenvalue weighted by Crippen LogP contribution is 2.56. The van der Waals surface area contributed by atoms with Gasteiger partial charge in [-0.3, -0.25) is 14.2 Å². The van der Waals surface area contributed by atoms with Crippen molar-refractivity contribution in [1.82, 2.24) is 28.5 Å². The highest BCUT2D eigenvalue weighted by molar-refractivity contribution is 7.90. The van der Waals surface area contributed by atoms with Gasteiger partial charge in [0.05, 0.1) is 40.3 Å². The van der Waals surface area contributed by atoms with Crippen molar-refractivity contribution in [1.29, 1.82) is 0 Å². The second-order valence-corrected chi connectivity index (χ2v) is 15.2. The third kappa shape index (κ3) is 4.99. The van der Waals surface area contributed by atoms with E-state index < -0.39 is 15.4 Å². The van der Waals surface area contributed by atoms with E-state index in [0.717, 1.165) is 66.6 Å². The molecule has 0 radical (unpaired) electrons. The number of amides is 1. The topological polar surface area (TPSA) is 128 Å². The fourth-order valence-corrected chi connectivity index (χ4v) is 9.49. The molecule has 0 bridgehead atoms. The van der Waals surface area contributed by atoms with E-state index in [1.165, 1.54) is 3.97 Å². The minimum absolute atomic E-state index is 0.0376. The maximum absolute atomic E-state index is 14.8. The average Bonchev–Trinajstić information content (AvgIpc) is 3.97. The van der Waals surface area contributed by atoms with Crippen molar-refractivity contribution >= 4 is 32.7 Å². The summed E-state index contributed by atoms with van der Waals surface area (Å²) in [5.74, 6) is 0.0376. The summed E-state index contributed by atoms with van der Waals surface area (Å²) in [5.41, 5.74) is 5.67. The Labute approximate surface area is 290 Å². The minimum atomic E-state index is -4.17. The van der Waals surface area contributed by atoms with Crippen molar-refractivity contribution in [2.24, 2.45) is 7.05 Å². The molecule has 1 fully saturated rings. The van der Waals surface area contributed by atoms with E-state index in [2.05, 4.69) is 10.2 Å². The highest BCUT2D eigenvalue weighted by atomic mass is 32.2. The van der Waals surface area contributed by atoms with Crippen LogP contribution in [0.3, 0.4) is 0 Å². The van der Waals surface area contributed by atoms with Crippen molar-refractivity contribution in [3.63, 3.8) is 0 Å². The van der Waals surface area contributed by atoms with Crippen LogP contribution in [0.2, 0.25) is 0 Å². The largest absolute Gasteiger partial charge is 0.396 e. The molecule has 2 aromatic carbocycles. The first-order valence-electron chi connectivity index (χ1n) is 17.1. The van der Waals surface area contributed by atoms with Gasteiger partial charge in [0.2, 0.25) is 5.91 Å². The van der Waals surface area contributed by atoms with Crippen molar-refractivity contribution in [3.05, 3.63) is 91.1 Å². The van der Waals surface area contributed by atoms with Gasteiger partial charge in [-0.2, -0.15) is 10.2 Å². The number of rotatable bonds is 10. The quantitative estimate of drug-likeness (QED) is 0.171. The maximum atomic E-state index is 14.8. The lowest BCUT2D eigenvalue weighted by molar-refractivity contribution is -0.122. The Bertz CT molecular complexity index is 2330. The number of benzene rings is 2. The van der Waals surface area contributed by atoms with Gasteiger partial charge >= 0.3 is 0 Å². The van der Waals surface area contributed by atoms with E-state index in [0.29, 0.717) is 40.7 Å². The van der Waals surface area contributed by atoms with Crippen LogP contribution in [0.15, 0.2) is 90.5 Å². The number of hydrogen-bond acceptors (Lipinski definition) is 7. The van der Waals surface area contributed by atoms with E-state index in [4.69, 9.17) is 10.1 Å². The Morgan fingerprint density at radius 1 is 0.820 bits per heavy atom. The zero-order valence-electron chi connectivity index (χ0n) is 28.2. The van der Waals surface area contributed by atoms with Gasteiger partial charge in [-0.05, 0) is 55.4 Å². The number of fused-ring (bicyclic) bond motifs is 4. The van der Waals surface area contributed by atoms with Gasteiger partial charge < -0.3 is 10.0 Å². The predicted molar refractivity (Wildman–Crippen MR) is 192 cm³/mol. The molecule has 1 N–H and O–H groups in total. The molecule has 11 nitrogen and oxygen atoms in total. The molecule has 4 aromatic heterocycles. The van der Waals surface area contributed by atoms with Crippen LogP contribution in [0.1, 0.15) is 50.5 Å². The standard InChI is InChI=1S/C38H39N7O4S/c1-42-24-29(22-40-42)35-32(27-15-13-26(14-16-27)28-21-41-44(25-28)19-9-4-10-20-46)33-34-31(43(2)37(47)38(34)17-7-8-18-38)23-39-36(33)45(35)50(48,49)30-11-5-3-6-12-30/h3,5-6,11-16,21-25,46H,4,7-10,17-20H2,1-2H3. The van der Waals surface area contributed by atoms with E-state index in [9.17, 15) is 13.2 Å². The lowest BCUT2D eigenvalue weighted by Crippen LogP contribution is -2.36. The number of aliphatic hydroxyl groups is 1. The van der Waals surface area contributed by atoms with Crippen LogP contribution in [0.25, 0.3) is 44.5 Å². The Morgan fingerprint density at radius 3 is 2.24 bits per heavy atom. The summed E-state index contributed by atoms with van der Waals surface area (Å²) >= 11 is 0. The van der Waals surface area contributed by atoms with E-state index in [-0.39, 0.29) is 17.4 Å². The lowest BCUT2D eigenvalue weighted by atomic mass is 9.78. The van der Waals surface area contributed by atoms with Crippen LogP contribution >= 0.6 is 0 Å². The van der Waals surface area contributed by atoms with E-state index in [1.54, 1.807) is 66.4 Å². The summed E-state index contributed by atoms with van der Waals surface area (Å²) in [5, 5.41) is 18.8. The number of unbranched alkanes of at least 4 members (excludes halogenated alkanes) is 2. The fraction of sp³-hybridized carbons (Fsp3) is 0.316. The third-order valence-corrected chi connectivity index (χ3v) is 12.1. The zero-order valence-corrected chi connectivity index (χ0v) is 29.0. The second-order valence-electron chi connectivity index (χ2n) is 13.4. The Balaban J connectivity index is 1.39. The van der Waals surface area contributed by atoms with Crippen LogP contribution in [0.4, 0.5) is 5.69 Å². The van der Waals surface area contributed by atoms with Gasteiger partial charge in [0.1, 0.15) is 0 Å². The number of aryl methyl sites for hydroxylation is 2. The van der Waals surface area contributed by atoms with Gasteiger partial charge in [-0.1, -0.05) is 55.3 Å². The summed E-state index contributed by atoms with van der Waals surface area (Å²) in [4.78, 5) is 20.8. The molecule has 2 aliphatic rings. The number of carbonyl (C=O) groups is 1. The Morgan fingerprint density at radius 2 is 1.54 bits per heavy atom. The average molecular weight is 690 g/mol. The summed E-state index contributed by atoms with van der Waals surface area (Å²) in [6, 6.07) is 16.5. The first kappa shape index (κ1) is 32.2. The van der Waals surface area contributed by atoms with Gasteiger partial charge in [0.15, 0.2) is 5.65 Å². The molecule has 1 amide bonds. The number of anilines is 1. The van der Waals surface area contributed by atoms with Gasteiger partial charge in [0, 0.05) is 67.3 Å². The number of carbonyl (C=O) groups excluding carboxylic acids is 1. The number of hydrogen-bond donors (Lipinski definition) is 1. The Hall–Kier alpha value is -5.07. The molecule has 1 aliphatic carbocycles. The predicted octanol–water partition coefficient (Wildman–Crippen LogP) is 6.16. The molecule has 8 rings (SSSR count). The summed E-state index contributed by atoms with van der Waals surface area (Å²) in [6.45, 7) is 0.970. The van der Waals surface area contributed by atoms with Crippen molar-refractivity contribution in [2.45, 2.75) is 61.8 Å². The number of aliphatic hydroxyl groups excluding tert-OH is 1. The molecule has 12 heteroatoms. The first-order valence-corrected chi connectivity index (χ1v) is 18.6. The Kier molecular flexibility index (Phi) is 7.95. The fourth-order valence-electron chi connectivity index (χ4n) is 7.97. The number of nitrogens with zero attached hydrogens (tertiary/aromatic N) is 7. The molecule has 50 heavy (non-hydrogen) atoms. The molecule has 0 atom stereocenters. The normalized spacial score (nSPS) is 15.5. The van der Waals surface area contributed by atoms with Crippen LogP contribution in [0.5, 0.6) is 0 Å². The molecule has 1 aliphatic heterocycles. The highest BCUT2D eigenvalue weighted by Gasteiger charge is 2.53. The van der Waals surface area contributed by atoms with Gasteiger partial charge in [-0.15, -0.1) is 0 Å². The molecular formula is C38H39N7O4S. The van der Waals surface area contributed by atoms with Gasteiger partial charge in [-0.25, -0.2) is 17.4 Å².